The number of fused-ring (bicyclic) bond motifs is 2. The quantitative estimate of drug-likeness (QED) is 0.690. The number of halogens is 4. The van der Waals surface area contributed by atoms with Gasteiger partial charge in [-0.15, -0.1) is 10.2 Å². The van der Waals surface area contributed by atoms with Gasteiger partial charge in [0.1, 0.15) is 5.82 Å². The predicted molar refractivity (Wildman–Crippen MR) is 112 cm³/mol. The Labute approximate surface area is 192 Å². The van der Waals surface area contributed by atoms with Crippen molar-refractivity contribution in [1.29, 1.82) is 0 Å². The van der Waals surface area contributed by atoms with Crippen molar-refractivity contribution in [2.75, 3.05) is 13.1 Å². The normalized spacial score (nSPS) is 22.1. The van der Waals surface area contributed by atoms with E-state index in [1.54, 1.807) is 0 Å². The Balaban J connectivity index is 0.000000325. The fourth-order valence-corrected chi connectivity index (χ4v) is 4.37. The minimum Gasteiger partial charge on any atom is -0.475 e. The zero-order chi connectivity index (χ0) is 23.8. The molecule has 3 aliphatic rings. The molecule has 8 nitrogen and oxygen atoms in total. The third-order valence-corrected chi connectivity index (χ3v) is 6.27. The average Bonchev–Trinajstić information content (AvgIpc) is 3.32. The highest BCUT2D eigenvalue weighted by Gasteiger charge is 2.40. The summed E-state index contributed by atoms with van der Waals surface area (Å²) in [5, 5.41) is 19.4. The number of nitrogens with zero attached hydrogens (tertiary/aromatic N) is 4. The molecule has 2 aromatic rings. The number of carbonyl (C=O) groups excluding carboxylic acids is 1. The number of aromatic nitrogens is 3. The summed E-state index contributed by atoms with van der Waals surface area (Å²) in [5.41, 5.74) is 1.29. The molecule has 2 atom stereocenters. The molecule has 1 aliphatic carbocycles. The number of carbonyl (C=O) groups is 2. The lowest BCUT2D eigenvalue weighted by Crippen LogP contribution is -2.33. The van der Waals surface area contributed by atoms with Crippen LogP contribution in [0.2, 0.25) is 5.02 Å². The fourth-order valence-electron chi connectivity index (χ4n) is 4.24. The van der Waals surface area contributed by atoms with E-state index >= 15 is 0 Å². The van der Waals surface area contributed by atoms with Crippen LogP contribution in [0, 0.1) is 11.8 Å². The van der Waals surface area contributed by atoms with Gasteiger partial charge in [0.25, 0.3) is 5.91 Å². The number of benzene rings is 1. The largest absolute Gasteiger partial charge is 0.490 e. The Morgan fingerprint density at radius 1 is 1.09 bits per heavy atom. The molecule has 178 valence electrons. The summed E-state index contributed by atoms with van der Waals surface area (Å²) in [5.74, 6) is -0.230. The van der Waals surface area contributed by atoms with Gasteiger partial charge in [-0.25, -0.2) is 4.79 Å². The van der Waals surface area contributed by atoms with E-state index in [1.807, 2.05) is 16.7 Å². The van der Waals surface area contributed by atoms with Gasteiger partial charge in [0.05, 0.1) is 0 Å². The number of aliphatic carboxylic acids is 1. The van der Waals surface area contributed by atoms with E-state index in [0.29, 0.717) is 23.7 Å². The molecule has 2 N–H and O–H groups in total. The third kappa shape index (κ3) is 5.83. The lowest BCUT2D eigenvalue weighted by Gasteiger charge is -2.25. The van der Waals surface area contributed by atoms with E-state index in [4.69, 9.17) is 21.5 Å². The molecule has 2 aliphatic heterocycles. The Morgan fingerprint density at radius 3 is 2.33 bits per heavy atom. The summed E-state index contributed by atoms with van der Waals surface area (Å²) >= 11 is 5.98. The van der Waals surface area contributed by atoms with Crippen molar-refractivity contribution in [2.24, 2.45) is 11.8 Å². The minimum atomic E-state index is -5.08. The van der Waals surface area contributed by atoms with Crippen LogP contribution >= 0.6 is 11.6 Å². The maximum Gasteiger partial charge on any atom is 0.490 e. The highest BCUT2D eigenvalue weighted by atomic mass is 35.5. The number of alkyl halides is 3. The number of hydrogen-bond donors (Lipinski definition) is 2. The van der Waals surface area contributed by atoms with Gasteiger partial charge in [-0.3, -0.25) is 9.69 Å². The molecule has 5 rings (SSSR count). The number of nitrogens with one attached hydrogen (secondary N) is 1. The van der Waals surface area contributed by atoms with Gasteiger partial charge in [-0.1, -0.05) is 23.7 Å². The Bertz CT molecular complexity index is 1020. The van der Waals surface area contributed by atoms with Crippen LogP contribution < -0.4 is 5.32 Å². The molecule has 3 heterocycles. The van der Waals surface area contributed by atoms with Crippen LogP contribution in [-0.4, -0.2) is 62.0 Å². The number of carboxylic acids is 1. The van der Waals surface area contributed by atoms with Gasteiger partial charge in [-0.2, -0.15) is 13.2 Å². The van der Waals surface area contributed by atoms with Gasteiger partial charge >= 0.3 is 12.1 Å². The van der Waals surface area contributed by atoms with Crippen LogP contribution in [0.4, 0.5) is 13.2 Å². The second kappa shape index (κ2) is 9.30. The Kier molecular flexibility index (Phi) is 6.62. The number of hydrogen-bond acceptors (Lipinski definition) is 5. The lowest BCUT2D eigenvalue weighted by molar-refractivity contribution is -0.192. The van der Waals surface area contributed by atoms with Gasteiger partial charge < -0.3 is 15.0 Å². The van der Waals surface area contributed by atoms with Crippen LogP contribution in [0.3, 0.4) is 0 Å². The highest BCUT2D eigenvalue weighted by Crippen LogP contribution is 2.33. The van der Waals surface area contributed by atoms with E-state index in [0.717, 1.165) is 56.3 Å². The van der Waals surface area contributed by atoms with Crippen LogP contribution in [0.1, 0.15) is 34.8 Å². The smallest absolute Gasteiger partial charge is 0.475 e. The predicted octanol–water partition coefficient (Wildman–Crippen LogP) is 2.76. The third-order valence-electron chi connectivity index (χ3n) is 6.02. The summed E-state index contributed by atoms with van der Waals surface area (Å²) < 4.78 is 33.8. The van der Waals surface area contributed by atoms with E-state index < -0.39 is 12.1 Å². The Hall–Kier alpha value is -2.66. The number of rotatable bonds is 4. The zero-order valence-corrected chi connectivity index (χ0v) is 18.3. The molecule has 33 heavy (non-hydrogen) atoms. The van der Waals surface area contributed by atoms with Gasteiger partial charge in [0.2, 0.25) is 5.82 Å². The van der Waals surface area contributed by atoms with Crippen molar-refractivity contribution in [2.45, 2.75) is 44.6 Å². The molecule has 0 spiro atoms. The van der Waals surface area contributed by atoms with Crippen molar-refractivity contribution in [1.82, 2.24) is 25.0 Å². The molecular weight excluding hydrogens is 463 g/mol. The topological polar surface area (TPSA) is 100 Å². The molecule has 2 fully saturated rings. The molecule has 1 amide bonds. The van der Waals surface area contributed by atoms with Gasteiger partial charge in [-0.05, 0) is 42.4 Å². The molecule has 2 unspecified atom stereocenters. The molecule has 12 heteroatoms. The van der Waals surface area contributed by atoms with E-state index in [2.05, 4.69) is 32.5 Å². The molecule has 1 saturated carbocycles. The maximum absolute atomic E-state index is 12.4. The van der Waals surface area contributed by atoms with Crippen LogP contribution in [-0.2, 0) is 24.3 Å². The molecule has 0 radical (unpaired) electrons. The summed E-state index contributed by atoms with van der Waals surface area (Å²) in [6.45, 7) is 3.91. The first kappa shape index (κ1) is 23.5. The number of likely N-dealkylation sites (tertiary alicyclic amines) is 1. The molecule has 1 aromatic heterocycles. The van der Waals surface area contributed by atoms with Crippen LogP contribution in [0.25, 0.3) is 0 Å². The first-order valence-corrected chi connectivity index (χ1v) is 11.0. The van der Waals surface area contributed by atoms with E-state index in [9.17, 15) is 18.0 Å². The van der Waals surface area contributed by atoms with E-state index in [-0.39, 0.29) is 5.91 Å². The summed E-state index contributed by atoms with van der Waals surface area (Å²) in [4.78, 5) is 23.8. The van der Waals surface area contributed by atoms with E-state index in [1.165, 1.54) is 5.56 Å². The van der Waals surface area contributed by atoms with Crippen molar-refractivity contribution in [3.63, 3.8) is 0 Å². The molecule has 1 aromatic carbocycles. The standard InChI is InChI=1S/C19H22ClN5O.C2HF3O2/c20-15-3-1-12(2-4-15)8-24-9-13-7-17-22-23-18(19(26)21-16-5-6-16)25(17)11-14(13)10-24;3-2(4,5)1(6)7/h1-4,13-14,16H,5-11H2,(H,21,26);(H,6,7). The highest BCUT2D eigenvalue weighted by molar-refractivity contribution is 6.30. The molecular formula is C21H23ClF3N5O3. The van der Waals surface area contributed by atoms with Crippen molar-refractivity contribution >= 4 is 23.5 Å². The van der Waals surface area contributed by atoms with Crippen molar-refractivity contribution in [3.8, 4) is 0 Å². The number of carboxylic acid groups (broad SMARTS) is 1. The van der Waals surface area contributed by atoms with Crippen LogP contribution in [0.15, 0.2) is 24.3 Å². The SMILES string of the molecule is O=C(NC1CC1)c1nnc2n1CC1CN(Cc3ccc(Cl)cc3)CC1C2.O=C(O)C(F)(F)F. The average molecular weight is 486 g/mol. The lowest BCUT2D eigenvalue weighted by atomic mass is 9.89. The zero-order valence-electron chi connectivity index (χ0n) is 17.6. The fraction of sp³-hybridized carbons (Fsp3) is 0.524. The first-order chi connectivity index (χ1) is 15.6. The number of amides is 1. The summed E-state index contributed by atoms with van der Waals surface area (Å²) in [6, 6.07) is 8.44. The van der Waals surface area contributed by atoms with Gasteiger partial charge in [0, 0.05) is 43.7 Å². The van der Waals surface area contributed by atoms with Crippen molar-refractivity contribution in [3.05, 3.63) is 46.5 Å². The summed E-state index contributed by atoms with van der Waals surface area (Å²) in [6.07, 6.45) is -2.01. The van der Waals surface area contributed by atoms with Gasteiger partial charge in [0.15, 0.2) is 0 Å². The minimum absolute atomic E-state index is 0.0688. The second-order valence-corrected chi connectivity index (χ2v) is 9.08. The maximum atomic E-state index is 12.4. The van der Waals surface area contributed by atoms with Crippen LogP contribution in [0.5, 0.6) is 0 Å². The van der Waals surface area contributed by atoms with Crippen molar-refractivity contribution < 1.29 is 27.9 Å². The monoisotopic (exact) mass is 485 g/mol. The Morgan fingerprint density at radius 2 is 1.73 bits per heavy atom. The first-order valence-electron chi connectivity index (χ1n) is 10.6. The summed E-state index contributed by atoms with van der Waals surface area (Å²) in [7, 11) is 0. The second-order valence-electron chi connectivity index (χ2n) is 8.65. The molecule has 0 bridgehead atoms. The molecule has 1 saturated heterocycles.